The highest BCUT2D eigenvalue weighted by molar-refractivity contribution is 5.26. The minimum absolute atomic E-state index is 0.825. The van der Waals surface area contributed by atoms with Gasteiger partial charge in [-0.25, -0.2) is 0 Å². The van der Waals surface area contributed by atoms with Crippen LogP contribution in [-0.2, 0) is 0 Å². The normalized spacial score (nSPS) is 10.4. The van der Waals surface area contributed by atoms with Gasteiger partial charge in [-0.1, -0.05) is 31.0 Å². The molecule has 1 aromatic carbocycles. The molecule has 0 radical (unpaired) electrons. The summed E-state index contributed by atoms with van der Waals surface area (Å²) in [6.07, 6.45) is 3.73. The number of ether oxygens (including phenoxy) is 1. The van der Waals surface area contributed by atoms with Crippen LogP contribution in [-0.4, -0.2) is 19.7 Å². The molecule has 0 fully saturated rings. The van der Waals surface area contributed by atoms with E-state index in [1.165, 1.54) is 31.5 Å². The highest BCUT2D eigenvalue weighted by atomic mass is 16.5. The van der Waals surface area contributed by atoms with Gasteiger partial charge in [0, 0.05) is 6.42 Å². The zero-order valence-corrected chi connectivity index (χ0v) is 10.5. The third-order valence-corrected chi connectivity index (χ3v) is 2.60. The Kier molecular flexibility index (Phi) is 6.66. The molecule has 2 heteroatoms. The van der Waals surface area contributed by atoms with Crippen LogP contribution in [0.4, 0.5) is 0 Å². The van der Waals surface area contributed by atoms with Crippen molar-refractivity contribution in [1.82, 2.24) is 0 Å². The Hall–Kier alpha value is -1.02. The van der Waals surface area contributed by atoms with E-state index in [2.05, 4.69) is 31.3 Å². The molecule has 0 aliphatic rings. The summed E-state index contributed by atoms with van der Waals surface area (Å²) in [5.41, 5.74) is 1.28. The van der Waals surface area contributed by atoms with Crippen molar-refractivity contribution >= 4 is 0 Å². The molecule has 0 atom stereocenters. The first-order valence-electron chi connectivity index (χ1n) is 6.34. The Morgan fingerprint density at radius 2 is 1.75 bits per heavy atom. The van der Waals surface area contributed by atoms with Gasteiger partial charge in [-0.2, -0.15) is 0 Å². The number of nitrogens with two attached hydrogens (primary N) is 1. The standard InChI is InChI=1S/C14H23NO/c1-3-4-10-15-11-5-12-16-14-8-6-13(2)7-9-14/h6-9,15H,3-5,10-12H2,1-2H3/p+1. The van der Waals surface area contributed by atoms with Crippen LogP contribution in [0.3, 0.4) is 0 Å². The van der Waals surface area contributed by atoms with E-state index in [9.17, 15) is 0 Å². The average Bonchev–Trinajstić information content (AvgIpc) is 2.30. The van der Waals surface area contributed by atoms with Crippen molar-refractivity contribution in [3.8, 4) is 5.75 Å². The van der Waals surface area contributed by atoms with Crippen molar-refractivity contribution in [1.29, 1.82) is 0 Å². The van der Waals surface area contributed by atoms with Gasteiger partial charge in [0.15, 0.2) is 0 Å². The molecule has 0 aromatic heterocycles. The fourth-order valence-corrected chi connectivity index (χ4v) is 1.54. The molecule has 0 unspecified atom stereocenters. The van der Waals surface area contributed by atoms with Crippen molar-refractivity contribution in [3.63, 3.8) is 0 Å². The lowest BCUT2D eigenvalue weighted by Crippen LogP contribution is -2.84. The maximum Gasteiger partial charge on any atom is 0.119 e. The first-order valence-corrected chi connectivity index (χ1v) is 6.34. The zero-order valence-electron chi connectivity index (χ0n) is 10.5. The minimum atomic E-state index is 0.825. The number of hydrogen-bond donors (Lipinski definition) is 1. The molecule has 0 saturated heterocycles. The van der Waals surface area contributed by atoms with E-state index >= 15 is 0 Å². The van der Waals surface area contributed by atoms with Gasteiger partial charge >= 0.3 is 0 Å². The van der Waals surface area contributed by atoms with Crippen LogP contribution in [0, 0.1) is 6.92 Å². The van der Waals surface area contributed by atoms with Crippen molar-refractivity contribution in [2.75, 3.05) is 19.7 Å². The number of unbranched alkanes of at least 4 members (excludes halogenated alkanes) is 1. The highest BCUT2D eigenvalue weighted by Crippen LogP contribution is 2.11. The number of aryl methyl sites for hydroxylation is 1. The SMILES string of the molecule is CCCC[NH2+]CCCOc1ccc(C)cc1. The lowest BCUT2D eigenvalue weighted by Gasteiger charge is -2.05. The molecule has 0 saturated carbocycles. The highest BCUT2D eigenvalue weighted by Gasteiger charge is 1.94. The van der Waals surface area contributed by atoms with Crippen LogP contribution >= 0.6 is 0 Å². The monoisotopic (exact) mass is 222 g/mol. The number of rotatable bonds is 8. The molecule has 16 heavy (non-hydrogen) atoms. The quantitative estimate of drug-likeness (QED) is 0.670. The minimum Gasteiger partial charge on any atom is -0.493 e. The van der Waals surface area contributed by atoms with E-state index < -0.39 is 0 Å². The third kappa shape index (κ3) is 5.76. The third-order valence-electron chi connectivity index (χ3n) is 2.60. The topological polar surface area (TPSA) is 25.8 Å². The predicted octanol–water partition coefficient (Wildman–Crippen LogP) is 2.13. The molecule has 0 spiro atoms. The Bertz CT molecular complexity index is 269. The lowest BCUT2D eigenvalue weighted by atomic mass is 10.2. The summed E-state index contributed by atoms with van der Waals surface area (Å²) in [4.78, 5) is 0. The first-order chi connectivity index (χ1) is 7.83. The summed E-state index contributed by atoms with van der Waals surface area (Å²) in [6, 6.07) is 8.25. The molecule has 0 aliphatic heterocycles. The molecule has 2 N–H and O–H groups in total. The fraction of sp³-hybridized carbons (Fsp3) is 0.571. The van der Waals surface area contributed by atoms with Crippen molar-refractivity contribution in [3.05, 3.63) is 29.8 Å². The Labute approximate surface area is 99.0 Å². The summed E-state index contributed by atoms with van der Waals surface area (Å²) < 4.78 is 5.65. The van der Waals surface area contributed by atoms with Crippen LogP contribution in [0.25, 0.3) is 0 Å². The Morgan fingerprint density at radius 1 is 1.06 bits per heavy atom. The molecule has 2 nitrogen and oxygen atoms in total. The van der Waals surface area contributed by atoms with E-state index in [1.54, 1.807) is 0 Å². The molecule has 0 bridgehead atoms. The maximum absolute atomic E-state index is 5.65. The Balaban J connectivity index is 2.01. The molecule has 1 aromatic rings. The van der Waals surface area contributed by atoms with E-state index in [0.29, 0.717) is 0 Å². The van der Waals surface area contributed by atoms with Gasteiger partial charge in [0.1, 0.15) is 5.75 Å². The second-order valence-electron chi connectivity index (χ2n) is 4.23. The smallest absolute Gasteiger partial charge is 0.119 e. The summed E-state index contributed by atoms with van der Waals surface area (Å²) in [6.45, 7) is 7.57. The van der Waals surface area contributed by atoms with Crippen LogP contribution in [0.2, 0.25) is 0 Å². The van der Waals surface area contributed by atoms with Crippen molar-refractivity contribution < 1.29 is 10.1 Å². The van der Waals surface area contributed by atoms with Crippen LogP contribution < -0.4 is 10.1 Å². The summed E-state index contributed by atoms with van der Waals surface area (Å²) in [5, 5.41) is 2.38. The van der Waals surface area contributed by atoms with Gasteiger partial charge in [0.25, 0.3) is 0 Å². The second kappa shape index (κ2) is 8.17. The van der Waals surface area contributed by atoms with Crippen LogP contribution in [0.5, 0.6) is 5.75 Å². The molecular weight excluding hydrogens is 198 g/mol. The van der Waals surface area contributed by atoms with Gasteiger partial charge in [-0.05, 0) is 25.5 Å². The molecule has 1 rings (SSSR count). The Morgan fingerprint density at radius 3 is 2.44 bits per heavy atom. The molecular formula is C14H24NO+. The van der Waals surface area contributed by atoms with Gasteiger partial charge in [0.2, 0.25) is 0 Å². The van der Waals surface area contributed by atoms with Crippen molar-refractivity contribution in [2.45, 2.75) is 33.1 Å². The van der Waals surface area contributed by atoms with Crippen LogP contribution in [0.1, 0.15) is 31.7 Å². The first kappa shape index (κ1) is 13.0. The van der Waals surface area contributed by atoms with Gasteiger partial charge in [0.05, 0.1) is 19.7 Å². The summed E-state index contributed by atoms with van der Waals surface area (Å²) >= 11 is 0. The predicted molar refractivity (Wildman–Crippen MR) is 67.9 cm³/mol. The van der Waals surface area contributed by atoms with Crippen LogP contribution in [0.15, 0.2) is 24.3 Å². The molecule has 0 heterocycles. The van der Waals surface area contributed by atoms with E-state index in [-0.39, 0.29) is 0 Å². The molecule has 0 amide bonds. The summed E-state index contributed by atoms with van der Waals surface area (Å²) in [5.74, 6) is 0.985. The van der Waals surface area contributed by atoms with Gasteiger partial charge in [-0.15, -0.1) is 0 Å². The lowest BCUT2D eigenvalue weighted by molar-refractivity contribution is -0.655. The van der Waals surface area contributed by atoms with Gasteiger partial charge in [-0.3, -0.25) is 0 Å². The zero-order chi connectivity index (χ0) is 11.6. The average molecular weight is 222 g/mol. The number of quaternary nitrogens is 1. The molecule has 90 valence electrons. The molecule has 0 aliphatic carbocycles. The van der Waals surface area contributed by atoms with Crippen molar-refractivity contribution in [2.24, 2.45) is 0 Å². The maximum atomic E-state index is 5.65. The largest absolute Gasteiger partial charge is 0.493 e. The van der Waals surface area contributed by atoms with E-state index in [1.807, 2.05) is 12.1 Å². The number of hydrogen-bond acceptors (Lipinski definition) is 1. The number of benzene rings is 1. The van der Waals surface area contributed by atoms with E-state index in [0.717, 1.165) is 18.8 Å². The van der Waals surface area contributed by atoms with Gasteiger partial charge < -0.3 is 10.1 Å². The fourth-order valence-electron chi connectivity index (χ4n) is 1.54. The second-order valence-corrected chi connectivity index (χ2v) is 4.23. The van der Waals surface area contributed by atoms with E-state index in [4.69, 9.17) is 4.74 Å². The summed E-state index contributed by atoms with van der Waals surface area (Å²) in [7, 11) is 0.